The maximum atomic E-state index is 12.4. The Kier molecular flexibility index (Phi) is 6.33. The maximum Gasteiger partial charge on any atom is 0.273 e. The molecule has 2 aromatic rings. The summed E-state index contributed by atoms with van der Waals surface area (Å²) in [6, 6.07) is 7.34. The molecule has 0 saturated carbocycles. The highest BCUT2D eigenvalue weighted by molar-refractivity contribution is 5.94. The lowest BCUT2D eigenvalue weighted by Gasteiger charge is -2.11. The minimum absolute atomic E-state index is 0.00949. The molecule has 0 fully saturated rings. The number of nitrogens with zero attached hydrogens (tertiary/aromatic N) is 1. The molecule has 1 aromatic carbocycles. The standard InChI is InChI=1S/C18H21N3O4/c1-4-5-9-13-16(22)21-15(18(20-13)25-3)17(23)19-11-12-8-6-7-10-14(12)24-2/h4,6-8,10H,1,5,9,11H2,2-3H3,(H,19,23)(H,21,22). The van der Waals surface area contributed by atoms with E-state index in [1.165, 1.54) is 7.11 Å². The highest BCUT2D eigenvalue weighted by Crippen LogP contribution is 2.17. The second kappa shape index (κ2) is 8.68. The molecule has 0 aliphatic heterocycles. The number of H-pyrrole nitrogens is 1. The van der Waals surface area contributed by atoms with Crippen molar-refractivity contribution in [1.29, 1.82) is 0 Å². The van der Waals surface area contributed by atoms with Crippen LogP contribution in [0.2, 0.25) is 0 Å². The summed E-state index contributed by atoms with van der Waals surface area (Å²) in [5.74, 6) is 0.264. The highest BCUT2D eigenvalue weighted by atomic mass is 16.5. The van der Waals surface area contributed by atoms with Crippen molar-refractivity contribution in [3.63, 3.8) is 0 Å². The molecule has 7 heteroatoms. The molecule has 0 atom stereocenters. The van der Waals surface area contributed by atoms with Crippen molar-refractivity contribution in [2.45, 2.75) is 19.4 Å². The van der Waals surface area contributed by atoms with Crippen LogP contribution in [-0.4, -0.2) is 30.1 Å². The van der Waals surface area contributed by atoms with Gasteiger partial charge in [-0.3, -0.25) is 9.59 Å². The van der Waals surface area contributed by atoms with Crippen LogP contribution in [0.4, 0.5) is 0 Å². The largest absolute Gasteiger partial charge is 0.496 e. The van der Waals surface area contributed by atoms with E-state index in [1.54, 1.807) is 19.3 Å². The Labute approximate surface area is 145 Å². The van der Waals surface area contributed by atoms with Gasteiger partial charge in [-0.2, -0.15) is 0 Å². The first-order chi connectivity index (χ1) is 12.1. The zero-order chi connectivity index (χ0) is 18.2. The number of hydrogen-bond acceptors (Lipinski definition) is 5. The van der Waals surface area contributed by atoms with Gasteiger partial charge in [-0.1, -0.05) is 24.3 Å². The summed E-state index contributed by atoms with van der Waals surface area (Å²) in [6.45, 7) is 3.86. The molecule has 0 aliphatic rings. The van der Waals surface area contributed by atoms with Crippen LogP contribution in [0.25, 0.3) is 0 Å². The fourth-order valence-corrected chi connectivity index (χ4v) is 2.29. The Balaban J connectivity index is 2.19. The number of carbonyl (C=O) groups is 1. The molecule has 1 aromatic heterocycles. The molecule has 25 heavy (non-hydrogen) atoms. The van der Waals surface area contributed by atoms with E-state index in [4.69, 9.17) is 9.47 Å². The molecule has 1 amide bonds. The number of methoxy groups -OCH3 is 2. The molecule has 0 saturated heterocycles. The summed E-state index contributed by atoms with van der Waals surface area (Å²) in [6.07, 6.45) is 2.73. The van der Waals surface area contributed by atoms with Gasteiger partial charge < -0.3 is 19.8 Å². The molecule has 0 aliphatic carbocycles. The van der Waals surface area contributed by atoms with Crippen LogP contribution >= 0.6 is 0 Å². The lowest BCUT2D eigenvalue weighted by atomic mass is 10.2. The Bertz CT molecular complexity index is 814. The van der Waals surface area contributed by atoms with E-state index in [2.05, 4.69) is 21.9 Å². The first-order valence-electron chi connectivity index (χ1n) is 7.78. The quantitative estimate of drug-likeness (QED) is 0.713. The van der Waals surface area contributed by atoms with E-state index in [0.717, 1.165) is 5.56 Å². The number of hydrogen-bond donors (Lipinski definition) is 2. The van der Waals surface area contributed by atoms with Crippen LogP contribution in [0.15, 0.2) is 41.7 Å². The van der Waals surface area contributed by atoms with E-state index >= 15 is 0 Å². The smallest absolute Gasteiger partial charge is 0.273 e. The van der Waals surface area contributed by atoms with E-state index in [0.29, 0.717) is 24.3 Å². The second-order valence-corrected chi connectivity index (χ2v) is 5.22. The highest BCUT2D eigenvalue weighted by Gasteiger charge is 2.18. The third kappa shape index (κ3) is 4.47. The van der Waals surface area contributed by atoms with Gasteiger partial charge >= 0.3 is 0 Å². The summed E-state index contributed by atoms with van der Waals surface area (Å²) in [7, 11) is 2.96. The fourth-order valence-electron chi connectivity index (χ4n) is 2.29. The predicted molar refractivity (Wildman–Crippen MR) is 94.1 cm³/mol. The van der Waals surface area contributed by atoms with Crippen molar-refractivity contribution in [1.82, 2.24) is 15.3 Å². The Morgan fingerprint density at radius 3 is 2.76 bits per heavy atom. The monoisotopic (exact) mass is 343 g/mol. The van der Waals surface area contributed by atoms with Gasteiger partial charge in [-0.05, 0) is 18.9 Å². The van der Waals surface area contributed by atoms with Gasteiger partial charge in [0.1, 0.15) is 11.4 Å². The summed E-state index contributed by atoms with van der Waals surface area (Å²) in [4.78, 5) is 31.2. The first kappa shape index (κ1) is 18.3. The number of rotatable bonds is 8. The number of allylic oxidation sites excluding steroid dienone is 1. The van der Waals surface area contributed by atoms with E-state index in [9.17, 15) is 9.59 Å². The fraction of sp³-hybridized carbons (Fsp3) is 0.278. The third-order valence-corrected chi connectivity index (χ3v) is 3.59. The zero-order valence-electron chi connectivity index (χ0n) is 14.3. The molecule has 0 bridgehead atoms. The minimum atomic E-state index is -0.484. The average molecular weight is 343 g/mol. The van der Waals surface area contributed by atoms with Gasteiger partial charge in [0.15, 0.2) is 5.69 Å². The molecular weight excluding hydrogens is 322 g/mol. The number of amides is 1. The van der Waals surface area contributed by atoms with Gasteiger partial charge in [0.05, 0.1) is 14.2 Å². The Morgan fingerprint density at radius 2 is 2.08 bits per heavy atom. The average Bonchev–Trinajstić information content (AvgIpc) is 2.65. The minimum Gasteiger partial charge on any atom is -0.496 e. The molecule has 2 N–H and O–H groups in total. The second-order valence-electron chi connectivity index (χ2n) is 5.22. The summed E-state index contributed by atoms with van der Waals surface area (Å²) in [5, 5.41) is 2.73. The van der Waals surface area contributed by atoms with Gasteiger partial charge in [0, 0.05) is 12.1 Å². The van der Waals surface area contributed by atoms with Crippen molar-refractivity contribution in [3.05, 3.63) is 64.2 Å². The molecule has 7 nitrogen and oxygen atoms in total. The van der Waals surface area contributed by atoms with Crippen LogP contribution in [0.5, 0.6) is 11.6 Å². The third-order valence-electron chi connectivity index (χ3n) is 3.59. The van der Waals surface area contributed by atoms with Gasteiger partial charge in [-0.15, -0.1) is 6.58 Å². The Hall–Kier alpha value is -3.09. The van der Waals surface area contributed by atoms with Crippen LogP contribution in [-0.2, 0) is 13.0 Å². The summed E-state index contributed by atoms with van der Waals surface area (Å²) < 4.78 is 10.4. The van der Waals surface area contributed by atoms with Crippen molar-refractivity contribution < 1.29 is 14.3 Å². The predicted octanol–water partition coefficient (Wildman–Crippen LogP) is 1.84. The van der Waals surface area contributed by atoms with Crippen molar-refractivity contribution in [2.75, 3.05) is 14.2 Å². The number of nitrogens with one attached hydrogen (secondary N) is 2. The number of benzene rings is 1. The van der Waals surface area contributed by atoms with Gasteiger partial charge in [-0.25, -0.2) is 4.98 Å². The van der Waals surface area contributed by atoms with Crippen LogP contribution in [0.3, 0.4) is 0 Å². The molecular formula is C18H21N3O4. The van der Waals surface area contributed by atoms with Crippen molar-refractivity contribution >= 4 is 5.91 Å². The Morgan fingerprint density at radius 1 is 1.32 bits per heavy atom. The normalized spacial score (nSPS) is 10.2. The van der Waals surface area contributed by atoms with Crippen LogP contribution < -0.4 is 20.3 Å². The van der Waals surface area contributed by atoms with Gasteiger partial charge in [0.2, 0.25) is 5.88 Å². The number of para-hydroxylation sites is 1. The van der Waals surface area contributed by atoms with Crippen molar-refractivity contribution in [2.24, 2.45) is 0 Å². The molecule has 2 rings (SSSR count). The molecule has 0 unspecified atom stereocenters. The molecule has 132 valence electrons. The number of aromatic nitrogens is 2. The first-order valence-corrected chi connectivity index (χ1v) is 7.78. The zero-order valence-corrected chi connectivity index (χ0v) is 14.3. The maximum absolute atomic E-state index is 12.4. The van der Waals surface area contributed by atoms with Crippen LogP contribution in [0.1, 0.15) is 28.2 Å². The molecule has 0 spiro atoms. The topological polar surface area (TPSA) is 93.3 Å². The molecule has 0 radical (unpaired) electrons. The van der Waals surface area contributed by atoms with E-state index in [-0.39, 0.29) is 18.1 Å². The van der Waals surface area contributed by atoms with Gasteiger partial charge in [0.25, 0.3) is 11.5 Å². The van der Waals surface area contributed by atoms with Crippen LogP contribution in [0, 0.1) is 0 Å². The lowest BCUT2D eigenvalue weighted by molar-refractivity contribution is 0.0941. The number of ether oxygens (including phenoxy) is 2. The number of carbonyl (C=O) groups excluding carboxylic acids is 1. The SMILES string of the molecule is C=CCCc1nc(OC)c(C(=O)NCc2ccccc2OC)[nH]c1=O. The van der Waals surface area contributed by atoms with E-state index in [1.807, 2.05) is 18.2 Å². The van der Waals surface area contributed by atoms with E-state index < -0.39 is 11.5 Å². The number of aromatic amines is 1. The lowest BCUT2D eigenvalue weighted by Crippen LogP contribution is -2.29. The van der Waals surface area contributed by atoms with Crippen molar-refractivity contribution in [3.8, 4) is 11.6 Å². The summed E-state index contributed by atoms with van der Waals surface area (Å²) >= 11 is 0. The molecule has 1 heterocycles. The summed E-state index contributed by atoms with van der Waals surface area (Å²) in [5.41, 5.74) is 0.697. The number of aryl methyl sites for hydroxylation is 1.